The molecule has 1 saturated heterocycles. The number of sulfone groups is 1. The number of fused-ring (bicyclic) bond motifs is 1. The maximum absolute atomic E-state index is 12.8. The van der Waals surface area contributed by atoms with Gasteiger partial charge in [-0.1, -0.05) is 11.6 Å². The molecule has 8 nitrogen and oxygen atoms in total. The fraction of sp³-hybridized carbons (Fsp3) is 0.476. The molecule has 2 amide bonds. The Morgan fingerprint density at radius 2 is 2.00 bits per heavy atom. The highest BCUT2D eigenvalue weighted by atomic mass is 32.2. The maximum Gasteiger partial charge on any atom is 0.287 e. The smallest absolute Gasteiger partial charge is 0.287 e. The summed E-state index contributed by atoms with van der Waals surface area (Å²) in [4.78, 5) is 39.1. The number of benzene rings is 1. The van der Waals surface area contributed by atoms with Gasteiger partial charge < -0.3 is 14.6 Å². The molecule has 0 bridgehead atoms. The topological polar surface area (TPSA) is 114 Å². The van der Waals surface area contributed by atoms with E-state index in [1.54, 1.807) is 19.1 Å². The summed E-state index contributed by atoms with van der Waals surface area (Å²) in [5.41, 5.74) is 1.64. The summed E-state index contributed by atoms with van der Waals surface area (Å²) in [5.74, 6) is -2.07. The first-order valence-corrected chi connectivity index (χ1v) is 11.9. The molecule has 2 atom stereocenters. The van der Waals surface area contributed by atoms with Gasteiger partial charge in [0.15, 0.2) is 21.4 Å². The first-order valence-electron chi connectivity index (χ1n) is 9.84. The normalized spacial score (nSPS) is 18.2. The number of hydrogen-bond acceptors (Lipinski definition) is 6. The molecule has 0 radical (unpaired) electrons. The molecule has 1 aliphatic rings. The van der Waals surface area contributed by atoms with Crippen LogP contribution >= 0.6 is 0 Å². The van der Waals surface area contributed by atoms with E-state index in [9.17, 15) is 22.8 Å². The van der Waals surface area contributed by atoms with Gasteiger partial charge in [-0.25, -0.2) is 8.42 Å². The Morgan fingerprint density at radius 1 is 1.27 bits per heavy atom. The fourth-order valence-corrected chi connectivity index (χ4v) is 4.45. The Morgan fingerprint density at radius 3 is 2.70 bits per heavy atom. The summed E-state index contributed by atoms with van der Waals surface area (Å²) < 4.78 is 28.3. The van der Waals surface area contributed by atoms with Crippen molar-refractivity contribution in [1.29, 1.82) is 0 Å². The van der Waals surface area contributed by atoms with Crippen molar-refractivity contribution < 1.29 is 27.2 Å². The summed E-state index contributed by atoms with van der Waals surface area (Å²) in [6.45, 7) is 4.15. The Kier molecular flexibility index (Phi) is 6.30. The number of carbonyl (C=O) groups is 3. The van der Waals surface area contributed by atoms with E-state index in [4.69, 9.17) is 4.42 Å². The van der Waals surface area contributed by atoms with E-state index in [1.807, 2.05) is 19.1 Å². The highest BCUT2D eigenvalue weighted by molar-refractivity contribution is 7.91. The van der Waals surface area contributed by atoms with Crippen LogP contribution in [0.1, 0.15) is 35.9 Å². The van der Waals surface area contributed by atoms with E-state index in [-0.39, 0.29) is 24.0 Å². The number of likely N-dealkylation sites (tertiary alicyclic amines) is 1. The monoisotopic (exact) mass is 434 g/mol. The number of amides is 2. The minimum atomic E-state index is -3.41. The third-order valence-corrected chi connectivity index (χ3v) is 6.02. The molecule has 0 unspecified atom stereocenters. The lowest BCUT2D eigenvalue weighted by atomic mass is 9.94. The van der Waals surface area contributed by atoms with Crippen LogP contribution in [-0.4, -0.2) is 62.1 Å². The largest absolute Gasteiger partial charge is 0.451 e. The van der Waals surface area contributed by atoms with Crippen LogP contribution in [0.25, 0.3) is 11.0 Å². The maximum atomic E-state index is 12.8. The standard InChI is InChI=1S/C21H26N2O6S/c1-13-6-7-18-16(9-13)10-19(29-18)20(25)22-14(2)21(26)23-8-4-5-15(11-23)17(24)12-30(3,27)28/h6-7,9-10,14-15H,4-5,8,11-12H2,1-3H3,(H,22,25)/t14-,15-/m1/s1. The number of hydrogen-bond donors (Lipinski definition) is 1. The SMILES string of the molecule is Cc1ccc2oc(C(=O)N[C@H](C)C(=O)N3CCC[C@@H](C(=O)CS(C)(=O)=O)C3)cc2c1. The molecule has 0 saturated carbocycles. The van der Waals surface area contributed by atoms with Crippen molar-refractivity contribution in [3.63, 3.8) is 0 Å². The van der Waals surface area contributed by atoms with Gasteiger partial charge in [-0.3, -0.25) is 14.4 Å². The van der Waals surface area contributed by atoms with Gasteiger partial charge in [-0.05, 0) is 44.9 Å². The van der Waals surface area contributed by atoms with Gasteiger partial charge in [-0.2, -0.15) is 0 Å². The van der Waals surface area contributed by atoms with E-state index in [0.717, 1.165) is 17.2 Å². The van der Waals surface area contributed by atoms with Crippen molar-refractivity contribution in [2.75, 3.05) is 25.1 Å². The second kappa shape index (κ2) is 8.59. The van der Waals surface area contributed by atoms with Gasteiger partial charge in [0.2, 0.25) is 5.91 Å². The molecule has 162 valence electrons. The lowest BCUT2D eigenvalue weighted by Gasteiger charge is -2.33. The molecule has 1 fully saturated rings. The van der Waals surface area contributed by atoms with Crippen molar-refractivity contribution in [3.8, 4) is 0 Å². The third-order valence-electron chi connectivity index (χ3n) is 5.21. The molecule has 0 aliphatic carbocycles. The highest BCUT2D eigenvalue weighted by Crippen LogP contribution is 2.21. The van der Waals surface area contributed by atoms with Gasteiger partial charge in [0.1, 0.15) is 17.4 Å². The Hall–Kier alpha value is -2.68. The van der Waals surface area contributed by atoms with Crippen LogP contribution in [0.5, 0.6) is 0 Å². The second-order valence-corrected chi connectivity index (χ2v) is 10.1. The van der Waals surface area contributed by atoms with E-state index in [0.29, 0.717) is 25.0 Å². The molecule has 1 aromatic heterocycles. The molecule has 30 heavy (non-hydrogen) atoms. The third kappa shape index (κ3) is 5.27. The number of piperidine rings is 1. The number of rotatable bonds is 6. The van der Waals surface area contributed by atoms with Crippen molar-refractivity contribution in [3.05, 3.63) is 35.6 Å². The lowest BCUT2D eigenvalue weighted by Crippen LogP contribution is -2.51. The van der Waals surface area contributed by atoms with Gasteiger partial charge in [0.25, 0.3) is 5.91 Å². The zero-order chi connectivity index (χ0) is 22.1. The summed E-state index contributed by atoms with van der Waals surface area (Å²) in [7, 11) is -3.41. The number of carbonyl (C=O) groups excluding carboxylic acids is 3. The minimum Gasteiger partial charge on any atom is -0.451 e. The average Bonchev–Trinajstić information content (AvgIpc) is 3.09. The molecule has 0 spiro atoms. The summed E-state index contributed by atoms with van der Waals surface area (Å²) in [6, 6.07) is 6.41. The first kappa shape index (κ1) is 22.0. The predicted octanol–water partition coefficient (Wildman–Crippen LogP) is 1.71. The van der Waals surface area contributed by atoms with E-state index in [2.05, 4.69) is 5.32 Å². The molecular formula is C21H26N2O6S. The number of aryl methyl sites for hydroxylation is 1. The molecular weight excluding hydrogens is 408 g/mol. The van der Waals surface area contributed by atoms with Crippen LogP contribution in [0, 0.1) is 12.8 Å². The Labute approximate surface area is 175 Å². The van der Waals surface area contributed by atoms with Gasteiger partial charge >= 0.3 is 0 Å². The average molecular weight is 435 g/mol. The van der Waals surface area contributed by atoms with E-state index < -0.39 is 33.5 Å². The molecule has 3 rings (SSSR count). The number of ketones is 1. The number of nitrogens with zero attached hydrogens (tertiary/aromatic N) is 1. The molecule has 1 aliphatic heterocycles. The van der Waals surface area contributed by atoms with Crippen LogP contribution < -0.4 is 5.32 Å². The molecule has 9 heteroatoms. The van der Waals surface area contributed by atoms with Gasteiger partial charge in [0, 0.05) is 30.6 Å². The van der Waals surface area contributed by atoms with Crippen LogP contribution in [0.3, 0.4) is 0 Å². The predicted molar refractivity (Wildman–Crippen MR) is 112 cm³/mol. The molecule has 1 N–H and O–H groups in total. The van der Waals surface area contributed by atoms with Crippen LogP contribution in [0.2, 0.25) is 0 Å². The first-order chi connectivity index (χ1) is 14.0. The molecule has 1 aromatic carbocycles. The van der Waals surface area contributed by atoms with Crippen LogP contribution in [0.4, 0.5) is 0 Å². The number of furan rings is 1. The van der Waals surface area contributed by atoms with Gasteiger partial charge in [-0.15, -0.1) is 0 Å². The van der Waals surface area contributed by atoms with E-state index >= 15 is 0 Å². The molecule has 2 heterocycles. The minimum absolute atomic E-state index is 0.120. The summed E-state index contributed by atoms with van der Waals surface area (Å²) in [5, 5.41) is 3.45. The van der Waals surface area contributed by atoms with E-state index in [1.165, 1.54) is 4.90 Å². The van der Waals surface area contributed by atoms with Gasteiger partial charge in [0.05, 0.1) is 0 Å². The number of nitrogens with one attached hydrogen (secondary N) is 1. The number of Topliss-reactive ketones (excluding diaryl/α,β-unsaturated/α-hetero) is 1. The lowest BCUT2D eigenvalue weighted by molar-refractivity contribution is -0.136. The Bertz CT molecular complexity index is 1090. The van der Waals surface area contributed by atoms with Crippen molar-refractivity contribution in [1.82, 2.24) is 10.2 Å². The summed E-state index contributed by atoms with van der Waals surface area (Å²) >= 11 is 0. The summed E-state index contributed by atoms with van der Waals surface area (Å²) in [6.07, 6.45) is 2.18. The van der Waals surface area contributed by atoms with Crippen molar-refractivity contribution in [2.24, 2.45) is 5.92 Å². The zero-order valence-corrected chi connectivity index (χ0v) is 18.1. The quantitative estimate of drug-likeness (QED) is 0.740. The van der Waals surface area contributed by atoms with Crippen LogP contribution in [-0.2, 0) is 19.4 Å². The van der Waals surface area contributed by atoms with Crippen molar-refractivity contribution in [2.45, 2.75) is 32.7 Å². The fourth-order valence-electron chi connectivity index (χ4n) is 3.69. The second-order valence-electron chi connectivity index (χ2n) is 8.01. The zero-order valence-electron chi connectivity index (χ0n) is 17.3. The highest BCUT2D eigenvalue weighted by Gasteiger charge is 2.32. The molecule has 2 aromatic rings. The van der Waals surface area contributed by atoms with Crippen molar-refractivity contribution >= 4 is 38.4 Å². The van der Waals surface area contributed by atoms with Crippen LogP contribution in [0.15, 0.2) is 28.7 Å². The Balaban J connectivity index is 1.62.